The highest BCUT2D eigenvalue weighted by molar-refractivity contribution is 7.89. The fraction of sp³-hybridized carbons (Fsp3) is 1.00. The second kappa shape index (κ2) is 3.79. The van der Waals surface area contributed by atoms with Gasteiger partial charge in [0.15, 0.2) is 0 Å². The highest BCUT2D eigenvalue weighted by Crippen LogP contribution is 2.24. The Hall–Kier alpha value is -0.130. The van der Waals surface area contributed by atoms with Crippen LogP contribution in [0, 0.1) is 0 Å². The van der Waals surface area contributed by atoms with Crippen LogP contribution in [0.2, 0.25) is 0 Å². The third-order valence-electron chi connectivity index (χ3n) is 2.47. The van der Waals surface area contributed by atoms with E-state index in [1.165, 1.54) is 0 Å². The Morgan fingerprint density at radius 3 is 2.36 bits per heavy atom. The van der Waals surface area contributed by atoms with E-state index in [0.29, 0.717) is 19.8 Å². The van der Waals surface area contributed by atoms with Crippen molar-refractivity contribution in [3.63, 3.8) is 0 Å². The highest BCUT2D eigenvalue weighted by Gasteiger charge is 2.39. The minimum Gasteiger partial charge on any atom is -0.378 e. The van der Waals surface area contributed by atoms with Crippen LogP contribution in [-0.2, 0) is 14.8 Å². The maximum absolute atomic E-state index is 12.0. The molecule has 0 aromatic heterocycles. The van der Waals surface area contributed by atoms with Crippen molar-refractivity contribution in [2.24, 2.45) is 0 Å². The average molecular weight is 221 g/mol. The third-order valence-corrected chi connectivity index (χ3v) is 4.95. The van der Waals surface area contributed by atoms with Gasteiger partial charge in [-0.25, -0.2) is 8.42 Å². The van der Waals surface area contributed by atoms with Gasteiger partial charge in [0.1, 0.15) is 0 Å². The minimum atomic E-state index is -3.15. The number of hydrogen-bond donors (Lipinski definition) is 0. The van der Waals surface area contributed by atoms with Gasteiger partial charge in [-0.15, -0.1) is 0 Å². The van der Waals surface area contributed by atoms with Gasteiger partial charge in [-0.05, 0) is 27.7 Å². The number of sulfonamides is 1. The van der Waals surface area contributed by atoms with Crippen molar-refractivity contribution >= 4 is 10.0 Å². The third kappa shape index (κ3) is 2.10. The maximum Gasteiger partial charge on any atom is 0.217 e. The molecule has 1 aliphatic heterocycles. The zero-order valence-electron chi connectivity index (χ0n) is 9.28. The number of rotatable bonds is 2. The Kier molecular flexibility index (Phi) is 3.23. The molecule has 0 radical (unpaired) electrons. The van der Waals surface area contributed by atoms with E-state index in [9.17, 15) is 8.42 Å². The monoisotopic (exact) mass is 221 g/mol. The fourth-order valence-corrected chi connectivity index (χ4v) is 3.15. The molecule has 1 aliphatic rings. The van der Waals surface area contributed by atoms with E-state index >= 15 is 0 Å². The quantitative estimate of drug-likeness (QED) is 0.694. The molecular weight excluding hydrogens is 202 g/mol. The molecule has 0 unspecified atom stereocenters. The summed E-state index contributed by atoms with van der Waals surface area (Å²) in [7, 11) is -3.15. The van der Waals surface area contributed by atoms with Crippen LogP contribution in [0.25, 0.3) is 0 Å². The van der Waals surface area contributed by atoms with Gasteiger partial charge in [-0.2, -0.15) is 4.31 Å². The minimum absolute atomic E-state index is 0.361. The van der Waals surface area contributed by atoms with Crippen molar-refractivity contribution in [3.8, 4) is 0 Å². The van der Waals surface area contributed by atoms with Gasteiger partial charge in [0.05, 0.1) is 24.0 Å². The molecule has 0 bridgehead atoms. The van der Waals surface area contributed by atoms with Crippen molar-refractivity contribution in [1.29, 1.82) is 0 Å². The summed E-state index contributed by atoms with van der Waals surface area (Å²) >= 11 is 0. The summed E-state index contributed by atoms with van der Waals surface area (Å²) in [6.45, 7) is 8.64. The molecule has 0 aromatic rings. The van der Waals surface area contributed by atoms with E-state index in [0.717, 1.165) is 0 Å². The first-order chi connectivity index (χ1) is 6.28. The Bertz CT molecular complexity index is 295. The Balaban J connectivity index is 2.96. The van der Waals surface area contributed by atoms with Crippen LogP contribution in [-0.4, -0.2) is 43.3 Å². The Labute approximate surface area is 86.3 Å². The topological polar surface area (TPSA) is 46.6 Å². The van der Waals surface area contributed by atoms with Gasteiger partial charge in [0.25, 0.3) is 0 Å². The average Bonchev–Trinajstić information content (AvgIpc) is 2.02. The van der Waals surface area contributed by atoms with Crippen LogP contribution >= 0.6 is 0 Å². The van der Waals surface area contributed by atoms with E-state index < -0.39 is 15.6 Å². The summed E-state index contributed by atoms with van der Waals surface area (Å²) in [6.07, 6.45) is 0. The zero-order chi connectivity index (χ0) is 11.0. The molecule has 5 heteroatoms. The Morgan fingerprint density at radius 2 is 1.93 bits per heavy atom. The van der Waals surface area contributed by atoms with Crippen molar-refractivity contribution in [2.75, 3.05) is 19.8 Å². The number of hydrogen-bond acceptors (Lipinski definition) is 3. The second-order valence-corrected chi connectivity index (χ2v) is 6.94. The van der Waals surface area contributed by atoms with Crippen molar-refractivity contribution < 1.29 is 13.2 Å². The van der Waals surface area contributed by atoms with Crippen molar-refractivity contribution in [1.82, 2.24) is 4.31 Å². The van der Waals surface area contributed by atoms with Crippen LogP contribution in [0.5, 0.6) is 0 Å². The first kappa shape index (κ1) is 11.9. The Morgan fingerprint density at radius 1 is 1.36 bits per heavy atom. The molecule has 84 valence electrons. The highest BCUT2D eigenvalue weighted by atomic mass is 32.2. The molecular formula is C9H19NO3S. The standard InChI is InChI=1S/C9H19NO3S/c1-8(2)14(11,12)10-5-6-13-7-9(10,3)4/h8H,5-7H2,1-4H3. The van der Waals surface area contributed by atoms with Gasteiger partial charge in [-0.3, -0.25) is 0 Å². The molecule has 1 rings (SSSR count). The molecule has 0 atom stereocenters. The van der Waals surface area contributed by atoms with Gasteiger partial charge in [-0.1, -0.05) is 0 Å². The summed E-state index contributed by atoms with van der Waals surface area (Å²) in [6, 6.07) is 0. The number of ether oxygens (including phenoxy) is 1. The summed E-state index contributed by atoms with van der Waals surface area (Å²) < 4.78 is 30.8. The van der Waals surface area contributed by atoms with E-state index in [-0.39, 0.29) is 5.25 Å². The molecule has 1 fully saturated rings. The van der Waals surface area contributed by atoms with Crippen LogP contribution < -0.4 is 0 Å². The number of nitrogens with zero attached hydrogens (tertiary/aromatic N) is 1. The molecule has 0 saturated carbocycles. The predicted molar refractivity (Wildman–Crippen MR) is 55.7 cm³/mol. The van der Waals surface area contributed by atoms with Crippen LogP contribution in [0.4, 0.5) is 0 Å². The summed E-state index contributed by atoms with van der Waals surface area (Å²) in [5, 5.41) is -0.361. The summed E-state index contributed by atoms with van der Waals surface area (Å²) in [5.74, 6) is 0. The smallest absolute Gasteiger partial charge is 0.217 e. The zero-order valence-corrected chi connectivity index (χ0v) is 10.1. The van der Waals surface area contributed by atoms with E-state index in [1.807, 2.05) is 13.8 Å². The summed E-state index contributed by atoms with van der Waals surface area (Å²) in [4.78, 5) is 0. The van der Waals surface area contributed by atoms with Crippen LogP contribution in [0.15, 0.2) is 0 Å². The molecule has 4 nitrogen and oxygen atoms in total. The molecule has 1 saturated heterocycles. The van der Waals surface area contributed by atoms with Crippen molar-refractivity contribution in [3.05, 3.63) is 0 Å². The number of morpholine rings is 1. The predicted octanol–water partition coefficient (Wildman–Crippen LogP) is 0.835. The molecule has 0 amide bonds. The fourth-order valence-electron chi connectivity index (χ4n) is 1.57. The lowest BCUT2D eigenvalue weighted by atomic mass is 10.1. The second-order valence-electron chi connectivity index (χ2n) is 4.53. The lowest BCUT2D eigenvalue weighted by Gasteiger charge is -2.41. The normalized spacial score (nSPS) is 24.1. The first-order valence-electron chi connectivity index (χ1n) is 4.88. The van der Waals surface area contributed by atoms with E-state index in [2.05, 4.69) is 0 Å². The summed E-state index contributed by atoms with van der Waals surface area (Å²) in [5.41, 5.74) is -0.415. The van der Waals surface area contributed by atoms with E-state index in [4.69, 9.17) is 4.74 Å². The van der Waals surface area contributed by atoms with Crippen LogP contribution in [0.3, 0.4) is 0 Å². The SMILES string of the molecule is CC(C)S(=O)(=O)N1CCOCC1(C)C. The van der Waals surface area contributed by atoms with Gasteiger partial charge in [0.2, 0.25) is 10.0 Å². The largest absolute Gasteiger partial charge is 0.378 e. The molecule has 0 aromatic carbocycles. The maximum atomic E-state index is 12.0. The molecule has 14 heavy (non-hydrogen) atoms. The van der Waals surface area contributed by atoms with Gasteiger partial charge >= 0.3 is 0 Å². The first-order valence-corrected chi connectivity index (χ1v) is 6.38. The lowest BCUT2D eigenvalue weighted by Crippen LogP contribution is -2.56. The van der Waals surface area contributed by atoms with Crippen LogP contribution in [0.1, 0.15) is 27.7 Å². The molecule has 0 spiro atoms. The molecule has 0 N–H and O–H groups in total. The lowest BCUT2D eigenvalue weighted by molar-refractivity contribution is -0.00802. The van der Waals surface area contributed by atoms with E-state index in [1.54, 1.807) is 18.2 Å². The van der Waals surface area contributed by atoms with Crippen molar-refractivity contribution in [2.45, 2.75) is 38.5 Å². The molecule has 1 heterocycles. The van der Waals surface area contributed by atoms with Gasteiger partial charge < -0.3 is 4.74 Å². The van der Waals surface area contributed by atoms with Gasteiger partial charge in [0, 0.05) is 6.54 Å². The molecule has 0 aliphatic carbocycles.